The van der Waals surface area contributed by atoms with E-state index in [0.29, 0.717) is 12.3 Å². The van der Waals surface area contributed by atoms with Crippen LogP contribution in [0, 0.1) is 5.92 Å². The molecular weight excluding hydrogens is 362 g/mol. The van der Waals surface area contributed by atoms with Gasteiger partial charge in [-0.1, -0.05) is 45.0 Å². The highest BCUT2D eigenvalue weighted by atomic mass is 16.2. The third-order valence-corrected chi connectivity index (χ3v) is 5.43. The summed E-state index contributed by atoms with van der Waals surface area (Å²) in [4.78, 5) is 26.1. The van der Waals surface area contributed by atoms with E-state index in [2.05, 4.69) is 55.7 Å². The molecular formula is C24H31N3O2. The second-order valence-electron chi connectivity index (χ2n) is 7.94. The lowest BCUT2D eigenvalue weighted by Gasteiger charge is -2.23. The van der Waals surface area contributed by atoms with Gasteiger partial charge in [0.2, 0.25) is 11.8 Å². The highest BCUT2D eigenvalue weighted by Gasteiger charge is 2.21. The molecule has 5 heteroatoms. The van der Waals surface area contributed by atoms with Crippen LogP contribution in [0.4, 0.5) is 11.4 Å². The van der Waals surface area contributed by atoms with Crippen LogP contribution in [-0.2, 0) is 16.0 Å². The Kier molecular flexibility index (Phi) is 7.04. The molecule has 0 radical (unpaired) electrons. The number of carbonyl (C=O) groups is 2. The predicted octanol–water partition coefficient (Wildman–Crippen LogP) is 4.30. The number of hydrogen-bond acceptors (Lipinski definition) is 3. The van der Waals surface area contributed by atoms with Crippen LogP contribution < -0.4 is 15.5 Å². The van der Waals surface area contributed by atoms with E-state index < -0.39 is 0 Å². The van der Waals surface area contributed by atoms with E-state index in [1.165, 1.54) is 11.1 Å². The number of hydrogen-bond donors (Lipinski definition) is 2. The molecule has 2 aromatic carbocycles. The number of nitrogens with one attached hydrogen (secondary N) is 2. The summed E-state index contributed by atoms with van der Waals surface area (Å²) in [6.45, 7) is 7.46. The zero-order chi connectivity index (χ0) is 20.8. The number of aryl methyl sites for hydroxylation is 1. The first-order chi connectivity index (χ1) is 14.0. The first-order valence-corrected chi connectivity index (χ1v) is 10.5. The average Bonchev–Trinajstić information content (AvgIpc) is 3.15. The second-order valence-corrected chi connectivity index (χ2v) is 7.94. The minimum atomic E-state index is -0.0779. The quantitative estimate of drug-likeness (QED) is 0.703. The highest BCUT2D eigenvalue weighted by molar-refractivity contribution is 5.96. The lowest BCUT2D eigenvalue weighted by molar-refractivity contribution is -0.117. The Morgan fingerprint density at radius 1 is 1.07 bits per heavy atom. The summed E-state index contributed by atoms with van der Waals surface area (Å²) in [7, 11) is 0. The van der Waals surface area contributed by atoms with Crippen molar-refractivity contribution in [1.82, 2.24) is 5.32 Å². The third-order valence-electron chi connectivity index (χ3n) is 5.43. The maximum absolute atomic E-state index is 12.4. The summed E-state index contributed by atoms with van der Waals surface area (Å²) in [5.74, 6) is 0.455. The van der Waals surface area contributed by atoms with Gasteiger partial charge >= 0.3 is 0 Å². The van der Waals surface area contributed by atoms with Crippen molar-refractivity contribution in [2.75, 3.05) is 23.3 Å². The van der Waals surface area contributed by atoms with Crippen molar-refractivity contribution in [2.24, 2.45) is 5.92 Å². The third kappa shape index (κ3) is 5.45. The zero-order valence-corrected chi connectivity index (χ0v) is 17.6. The van der Waals surface area contributed by atoms with Crippen molar-refractivity contribution in [3.8, 4) is 0 Å². The van der Waals surface area contributed by atoms with Crippen molar-refractivity contribution >= 4 is 23.2 Å². The van der Waals surface area contributed by atoms with Crippen LogP contribution in [0.25, 0.3) is 0 Å². The number of carbonyl (C=O) groups excluding carboxylic acids is 2. The first-order valence-electron chi connectivity index (χ1n) is 10.5. The SMILES string of the molecule is CCc1ccc([C@@H](NCC(=O)Nc2ccc(N3CCCC3=O)cc2)C(C)C)cc1. The monoisotopic (exact) mass is 393 g/mol. The van der Waals surface area contributed by atoms with Gasteiger partial charge in [0, 0.05) is 30.4 Å². The Bertz CT molecular complexity index is 828. The standard InChI is InChI=1S/C24H31N3O2/c1-4-18-7-9-19(10-8-18)24(17(2)3)25-16-22(28)26-20-11-13-21(14-12-20)27-15-5-6-23(27)29/h7-14,17,24-25H,4-6,15-16H2,1-3H3,(H,26,28)/t24-/m0/s1. The molecule has 0 aliphatic carbocycles. The Labute approximate surface area is 173 Å². The molecule has 0 spiro atoms. The van der Waals surface area contributed by atoms with E-state index in [4.69, 9.17) is 0 Å². The fourth-order valence-electron chi connectivity index (χ4n) is 3.75. The average molecular weight is 394 g/mol. The van der Waals surface area contributed by atoms with Crippen molar-refractivity contribution in [2.45, 2.75) is 46.1 Å². The van der Waals surface area contributed by atoms with E-state index in [0.717, 1.165) is 30.8 Å². The lowest BCUT2D eigenvalue weighted by Crippen LogP contribution is -2.33. The van der Waals surface area contributed by atoms with Crippen LogP contribution in [0.5, 0.6) is 0 Å². The number of rotatable bonds is 8. The van der Waals surface area contributed by atoms with Crippen molar-refractivity contribution < 1.29 is 9.59 Å². The normalized spacial score (nSPS) is 15.0. The molecule has 2 amide bonds. The van der Waals surface area contributed by atoms with Gasteiger partial charge in [-0.2, -0.15) is 0 Å². The summed E-state index contributed by atoms with van der Waals surface area (Å²) < 4.78 is 0. The number of nitrogens with zero attached hydrogens (tertiary/aromatic N) is 1. The van der Waals surface area contributed by atoms with Gasteiger partial charge < -0.3 is 15.5 Å². The molecule has 0 unspecified atom stereocenters. The van der Waals surface area contributed by atoms with E-state index >= 15 is 0 Å². The van der Waals surface area contributed by atoms with Gasteiger partial charge in [-0.25, -0.2) is 0 Å². The molecule has 1 atom stereocenters. The van der Waals surface area contributed by atoms with E-state index in [1.807, 2.05) is 24.3 Å². The molecule has 5 nitrogen and oxygen atoms in total. The van der Waals surface area contributed by atoms with E-state index in [-0.39, 0.29) is 24.4 Å². The predicted molar refractivity (Wildman–Crippen MR) is 118 cm³/mol. The molecule has 0 aromatic heterocycles. The van der Waals surface area contributed by atoms with Gasteiger partial charge in [0.05, 0.1) is 6.54 Å². The molecule has 154 valence electrons. The van der Waals surface area contributed by atoms with Gasteiger partial charge in [-0.15, -0.1) is 0 Å². The van der Waals surface area contributed by atoms with Crippen LogP contribution in [0.1, 0.15) is 50.8 Å². The van der Waals surface area contributed by atoms with E-state index in [9.17, 15) is 9.59 Å². The maximum atomic E-state index is 12.4. The number of anilines is 2. The first kappa shape index (κ1) is 21.1. The Morgan fingerprint density at radius 3 is 2.31 bits per heavy atom. The van der Waals surface area contributed by atoms with Crippen LogP contribution >= 0.6 is 0 Å². The van der Waals surface area contributed by atoms with Crippen molar-refractivity contribution in [3.63, 3.8) is 0 Å². The van der Waals surface area contributed by atoms with Gasteiger partial charge in [-0.3, -0.25) is 9.59 Å². The molecule has 1 aliphatic rings. The molecule has 2 aromatic rings. The van der Waals surface area contributed by atoms with Gasteiger partial charge in [0.1, 0.15) is 0 Å². The summed E-state index contributed by atoms with van der Waals surface area (Å²) in [5, 5.41) is 6.32. The molecule has 0 bridgehead atoms. The molecule has 2 N–H and O–H groups in total. The Morgan fingerprint density at radius 2 is 1.76 bits per heavy atom. The summed E-state index contributed by atoms with van der Waals surface area (Å²) in [5.41, 5.74) is 4.14. The minimum Gasteiger partial charge on any atom is -0.325 e. The van der Waals surface area contributed by atoms with E-state index in [1.54, 1.807) is 4.90 Å². The lowest BCUT2D eigenvalue weighted by atomic mass is 9.95. The number of benzene rings is 2. The van der Waals surface area contributed by atoms with Gasteiger partial charge in [-0.05, 0) is 54.2 Å². The Balaban J connectivity index is 1.55. The topological polar surface area (TPSA) is 61.4 Å². The number of amides is 2. The van der Waals surface area contributed by atoms with Crippen LogP contribution in [0.2, 0.25) is 0 Å². The second kappa shape index (κ2) is 9.70. The van der Waals surface area contributed by atoms with Crippen LogP contribution in [0.3, 0.4) is 0 Å². The molecule has 1 heterocycles. The molecule has 1 saturated heterocycles. The van der Waals surface area contributed by atoms with Gasteiger partial charge in [0.25, 0.3) is 0 Å². The summed E-state index contributed by atoms with van der Waals surface area (Å²) in [6.07, 6.45) is 2.54. The zero-order valence-electron chi connectivity index (χ0n) is 17.6. The fourth-order valence-corrected chi connectivity index (χ4v) is 3.75. The Hall–Kier alpha value is -2.66. The molecule has 1 fully saturated rings. The summed E-state index contributed by atoms with van der Waals surface area (Å²) >= 11 is 0. The highest BCUT2D eigenvalue weighted by Crippen LogP contribution is 2.24. The van der Waals surface area contributed by atoms with Gasteiger partial charge in [0.15, 0.2) is 0 Å². The minimum absolute atomic E-state index is 0.0779. The molecule has 29 heavy (non-hydrogen) atoms. The van der Waals surface area contributed by atoms with Crippen LogP contribution in [-0.4, -0.2) is 24.9 Å². The fraction of sp³-hybridized carbons (Fsp3) is 0.417. The van der Waals surface area contributed by atoms with Crippen LogP contribution in [0.15, 0.2) is 48.5 Å². The molecule has 3 rings (SSSR count). The molecule has 1 aliphatic heterocycles. The van der Waals surface area contributed by atoms with Crippen molar-refractivity contribution in [1.29, 1.82) is 0 Å². The summed E-state index contributed by atoms with van der Waals surface area (Å²) in [6, 6.07) is 16.2. The van der Waals surface area contributed by atoms with Crippen molar-refractivity contribution in [3.05, 3.63) is 59.7 Å². The molecule has 0 saturated carbocycles. The smallest absolute Gasteiger partial charge is 0.238 e. The maximum Gasteiger partial charge on any atom is 0.238 e. The largest absolute Gasteiger partial charge is 0.325 e.